The summed E-state index contributed by atoms with van der Waals surface area (Å²) in [7, 11) is 0. The van der Waals surface area contributed by atoms with Crippen LogP contribution in [0.5, 0.6) is 0 Å². The van der Waals surface area contributed by atoms with E-state index in [9.17, 15) is 14.4 Å². The van der Waals surface area contributed by atoms with E-state index in [1.165, 1.54) is 20.5 Å². The molecule has 0 atom stereocenters. The number of thiophene rings is 1. The highest BCUT2D eigenvalue weighted by Gasteiger charge is 2.21. The van der Waals surface area contributed by atoms with Gasteiger partial charge in [0.2, 0.25) is 0 Å². The van der Waals surface area contributed by atoms with Crippen LogP contribution in [0, 0.1) is 0 Å². The molecule has 34 heavy (non-hydrogen) atoms. The van der Waals surface area contributed by atoms with Crippen molar-refractivity contribution in [1.29, 1.82) is 0 Å². The van der Waals surface area contributed by atoms with Crippen molar-refractivity contribution in [3.63, 3.8) is 0 Å². The van der Waals surface area contributed by atoms with E-state index in [0.717, 1.165) is 38.0 Å². The van der Waals surface area contributed by atoms with Crippen LogP contribution in [-0.2, 0) is 29.0 Å². The molecule has 0 bridgehead atoms. The largest absolute Gasteiger partial charge is 0.478 e. The van der Waals surface area contributed by atoms with Crippen molar-refractivity contribution in [2.24, 2.45) is 0 Å². The molecular formula is C25H23N3O5S. The van der Waals surface area contributed by atoms with Gasteiger partial charge in [0, 0.05) is 59.3 Å². The number of carbonyl (C=O) groups is 2. The number of rotatable bonds is 5. The van der Waals surface area contributed by atoms with E-state index >= 15 is 0 Å². The molecule has 5 rings (SSSR count). The first-order valence-corrected chi connectivity index (χ1v) is 11.5. The van der Waals surface area contributed by atoms with Crippen molar-refractivity contribution in [3.05, 3.63) is 93.4 Å². The number of pyridine rings is 1. The molecular weight excluding hydrogens is 454 g/mol. The summed E-state index contributed by atoms with van der Waals surface area (Å²) in [5, 5.41) is 17.0. The van der Waals surface area contributed by atoms with Crippen molar-refractivity contribution in [1.82, 2.24) is 14.3 Å². The lowest BCUT2D eigenvalue weighted by molar-refractivity contribution is -0.134. The molecule has 2 N–H and O–H groups in total. The zero-order valence-electron chi connectivity index (χ0n) is 18.3. The Kier molecular flexibility index (Phi) is 7.15. The topological polar surface area (TPSA) is 112 Å². The zero-order chi connectivity index (χ0) is 24.1. The van der Waals surface area contributed by atoms with Crippen molar-refractivity contribution in [3.8, 4) is 0 Å². The Hall–Kier alpha value is -3.82. The van der Waals surface area contributed by atoms with Crippen LogP contribution in [-0.4, -0.2) is 49.5 Å². The average molecular weight is 478 g/mol. The number of aromatic nitrogens is 2. The number of carboxylic acid groups (broad SMARTS) is 2. The monoisotopic (exact) mass is 477 g/mol. The molecule has 0 saturated carbocycles. The Morgan fingerprint density at radius 3 is 2.56 bits per heavy atom. The predicted octanol–water partition coefficient (Wildman–Crippen LogP) is 3.22. The second kappa shape index (κ2) is 10.4. The zero-order valence-corrected chi connectivity index (χ0v) is 19.1. The summed E-state index contributed by atoms with van der Waals surface area (Å²) in [5.74, 6) is -2.51. The highest BCUT2D eigenvalue weighted by atomic mass is 32.1. The van der Waals surface area contributed by atoms with E-state index in [-0.39, 0.29) is 5.56 Å². The minimum absolute atomic E-state index is 0.0503. The minimum atomic E-state index is -1.26. The first kappa shape index (κ1) is 23.3. The molecule has 4 aromatic rings. The molecule has 1 aliphatic heterocycles. The maximum absolute atomic E-state index is 12.6. The minimum Gasteiger partial charge on any atom is -0.478 e. The van der Waals surface area contributed by atoms with Gasteiger partial charge in [-0.3, -0.25) is 14.1 Å². The average Bonchev–Trinajstić information content (AvgIpc) is 3.21. The maximum atomic E-state index is 12.6. The predicted molar refractivity (Wildman–Crippen MR) is 130 cm³/mol. The van der Waals surface area contributed by atoms with E-state index in [1.54, 1.807) is 16.8 Å². The van der Waals surface area contributed by atoms with Crippen LogP contribution in [0.25, 0.3) is 15.7 Å². The third-order valence-electron chi connectivity index (χ3n) is 5.57. The Labute approximate surface area is 199 Å². The van der Waals surface area contributed by atoms with Crippen LogP contribution in [0.1, 0.15) is 16.0 Å². The smallest absolute Gasteiger partial charge is 0.328 e. The second-order valence-electron chi connectivity index (χ2n) is 7.80. The molecule has 3 aromatic heterocycles. The first-order valence-electron chi connectivity index (χ1n) is 10.7. The number of hydrogen-bond acceptors (Lipinski definition) is 6. The molecule has 0 unspecified atom stereocenters. The quantitative estimate of drug-likeness (QED) is 0.425. The summed E-state index contributed by atoms with van der Waals surface area (Å²) in [6, 6.07) is 14.3. The Balaban J connectivity index is 0.000000297. The van der Waals surface area contributed by atoms with E-state index in [4.69, 9.17) is 10.2 Å². The molecule has 0 saturated heterocycles. The van der Waals surface area contributed by atoms with Gasteiger partial charge >= 0.3 is 11.9 Å². The summed E-state index contributed by atoms with van der Waals surface area (Å²) in [5.41, 5.74) is 3.02. The van der Waals surface area contributed by atoms with E-state index in [0.29, 0.717) is 17.8 Å². The summed E-state index contributed by atoms with van der Waals surface area (Å²) in [4.78, 5) is 40.1. The molecule has 0 radical (unpaired) electrons. The number of nitrogens with zero attached hydrogens (tertiary/aromatic N) is 3. The van der Waals surface area contributed by atoms with Crippen LogP contribution in [0.4, 0.5) is 0 Å². The summed E-state index contributed by atoms with van der Waals surface area (Å²) >= 11 is 1.93. The molecule has 1 aliphatic rings. The number of hydrogen-bond donors (Lipinski definition) is 2. The standard InChI is InChI=1S/C21H19N3OS.C4H4O4/c25-21-15(13-22-20-7-3-4-10-24(20)21)8-11-23-12-9-19-17(14-23)16-5-1-2-6-18(16)26-19;5-3(6)1-2-4(7)8/h1-7,10,13H,8-9,11-12,14H2;1-2H,(H,5,6)(H,7,8)/b;2-1+. The van der Waals surface area contributed by atoms with Crippen molar-refractivity contribution in [2.75, 3.05) is 13.1 Å². The highest BCUT2D eigenvalue weighted by Crippen LogP contribution is 2.34. The SMILES string of the molecule is O=C(O)/C=C/C(=O)O.O=c1c(CCN2CCc3sc4ccccc4c3C2)cnc2ccccn12. The van der Waals surface area contributed by atoms with Gasteiger partial charge in [-0.25, -0.2) is 14.6 Å². The Bertz CT molecular complexity index is 1420. The fraction of sp³-hybridized carbons (Fsp3) is 0.200. The molecule has 0 amide bonds. The van der Waals surface area contributed by atoms with Gasteiger partial charge in [-0.05, 0) is 42.0 Å². The van der Waals surface area contributed by atoms with Gasteiger partial charge in [0.1, 0.15) is 5.65 Å². The van der Waals surface area contributed by atoms with Crippen molar-refractivity contribution < 1.29 is 19.8 Å². The van der Waals surface area contributed by atoms with Crippen molar-refractivity contribution >= 4 is 39.0 Å². The number of carboxylic acids is 2. The Morgan fingerprint density at radius 1 is 1.06 bits per heavy atom. The molecule has 174 valence electrons. The lowest BCUT2D eigenvalue weighted by Crippen LogP contribution is -2.32. The fourth-order valence-corrected chi connectivity index (χ4v) is 5.14. The maximum Gasteiger partial charge on any atom is 0.328 e. The third-order valence-corrected chi connectivity index (χ3v) is 6.84. The van der Waals surface area contributed by atoms with E-state index < -0.39 is 11.9 Å². The lowest BCUT2D eigenvalue weighted by atomic mass is 10.0. The van der Waals surface area contributed by atoms with Gasteiger partial charge < -0.3 is 10.2 Å². The summed E-state index contributed by atoms with van der Waals surface area (Å²) in [6.45, 7) is 2.92. The molecule has 1 aromatic carbocycles. The van der Waals surface area contributed by atoms with Gasteiger partial charge in [0.05, 0.1) is 0 Å². The van der Waals surface area contributed by atoms with Gasteiger partial charge in [-0.2, -0.15) is 0 Å². The van der Waals surface area contributed by atoms with E-state index in [2.05, 4.69) is 34.1 Å². The lowest BCUT2D eigenvalue weighted by Gasteiger charge is -2.27. The number of fused-ring (bicyclic) bond motifs is 4. The first-order chi connectivity index (χ1) is 16.4. The number of aliphatic carboxylic acids is 2. The normalized spacial score (nSPS) is 13.5. The van der Waals surface area contributed by atoms with Gasteiger partial charge in [-0.15, -0.1) is 11.3 Å². The number of benzene rings is 1. The van der Waals surface area contributed by atoms with Gasteiger partial charge in [-0.1, -0.05) is 24.3 Å². The summed E-state index contributed by atoms with van der Waals surface area (Å²) in [6.07, 6.45) is 6.49. The third kappa shape index (κ3) is 5.38. The van der Waals surface area contributed by atoms with Crippen molar-refractivity contribution in [2.45, 2.75) is 19.4 Å². The van der Waals surface area contributed by atoms with Crippen LogP contribution < -0.4 is 5.56 Å². The molecule has 4 heterocycles. The molecule has 9 heteroatoms. The fourth-order valence-electron chi connectivity index (χ4n) is 3.94. The van der Waals surface area contributed by atoms with Crippen LogP contribution >= 0.6 is 11.3 Å². The van der Waals surface area contributed by atoms with Gasteiger partial charge in [0.25, 0.3) is 5.56 Å². The molecule has 0 fully saturated rings. The summed E-state index contributed by atoms with van der Waals surface area (Å²) < 4.78 is 3.02. The van der Waals surface area contributed by atoms with Crippen LogP contribution in [0.15, 0.2) is 71.8 Å². The van der Waals surface area contributed by atoms with E-state index in [1.807, 2.05) is 29.5 Å². The molecule has 8 nitrogen and oxygen atoms in total. The van der Waals surface area contributed by atoms with Gasteiger partial charge in [0.15, 0.2) is 0 Å². The Morgan fingerprint density at radius 2 is 1.79 bits per heavy atom. The molecule has 0 spiro atoms. The highest BCUT2D eigenvalue weighted by molar-refractivity contribution is 7.19. The van der Waals surface area contributed by atoms with Crippen LogP contribution in [0.2, 0.25) is 0 Å². The van der Waals surface area contributed by atoms with Crippen LogP contribution in [0.3, 0.4) is 0 Å². The second-order valence-corrected chi connectivity index (χ2v) is 8.94. The molecule has 0 aliphatic carbocycles.